The standard InChI is InChI=1S/C22H28FN3O2/c1-2-19-25-22(21(28)26(19)14-16-3-4-16)11-9-17(10-12-22)20(27)24-13-15-5-7-18(23)8-6-15/h5-8,16-17H,2-4,9-14H2,1H3,(H,24,27). The second kappa shape index (κ2) is 7.64. The highest BCUT2D eigenvalue weighted by Crippen LogP contribution is 2.41. The van der Waals surface area contributed by atoms with Crippen LogP contribution >= 0.6 is 0 Å². The monoisotopic (exact) mass is 385 g/mol. The summed E-state index contributed by atoms with van der Waals surface area (Å²) in [5.74, 6) is 1.37. The number of halogens is 1. The number of nitrogens with zero attached hydrogens (tertiary/aromatic N) is 2. The molecule has 0 aromatic heterocycles. The molecule has 1 aromatic rings. The molecule has 2 aliphatic carbocycles. The Morgan fingerprint density at radius 3 is 2.50 bits per heavy atom. The Labute approximate surface area is 165 Å². The van der Waals surface area contributed by atoms with Crippen LogP contribution in [0.15, 0.2) is 29.3 Å². The third-order valence-electron chi connectivity index (χ3n) is 6.32. The highest BCUT2D eigenvalue weighted by Gasteiger charge is 2.50. The van der Waals surface area contributed by atoms with Crippen LogP contribution in [-0.4, -0.2) is 34.6 Å². The first-order chi connectivity index (χ1) is 13.5. The highest BCUT2D eigenvalue weighted by molar-refractivity contribution is 6.08. The number of amidine groups is 1. The molecule has 0 bridgehead atoms. The summed E-state index contributed by atoms with van der Waals surface area (Å²) in [6.07, 6.45) is 5.85. The zero-order valence-electron chi connectivity index (χ0n) is 16.4. The third kappa shape index (κ3) is 3.82. The normalized spacial score (nSPS) is 27.2. The largest absolute Gasteiger partial charge is 0.352 e. The van der Waals surface area contributed by atoms with Crippen molar-refractivity contribution in [2.75, 3.05) is 6.54 Å². The minimum Gasteiger partial charge on any atom is -0.352 e. The van der Waals surface area contributed by atoms with Gasteiger partial charge in [-0.1, -0.05) is 19.1 Å². The predicted octanol–water partition coefficient (Wildman–Crippen LogP) is 3.43. The van der Waals surface area contributed by atoms with Crippen LogP contribution in [0.4, 0.5) is 4.39 Å². The van der Waals surface area contributed by atoms with Crippen LogP contribution in [0.3, 0.4) is 0 Å². The fourth-order valence-corrected chi connectivity index (χ4v) is 4.36. The molecule has 1 spiro atoms. The molecule has 28 heavy (non-hydrogen) atoms. The molecule has 0 unspecified atom stereocenters. The van der Waals surface area contributed by atoms with Crippen LogP contribution in [0.2, 0.25) is 0 Å². The molecule has 3 aliphatic rings. The van der Waals surface area contributed by atoms with Gasteiger partial charge in [-0.15, -0.1) is 0 Å². The molecular weight excluding hydrogens is 357 g/mol. The van der Waals surface area contributed by atoms with E-state index in [0.717, 1.165) is 24.4 Å². The number of carbonyl (C=O) groups excluding carboxylic acids is 2. The maximum Gasteiger partial charge on any atom is 0.255 e. The number of nitrogens with one attached hydrogen (secondary N) is 1. The molecule has 5 nitrogen and oxygen atoms in total. The summed E-state index contributed by atoms with van der Waals surface area (Å²) < 4.78 is 13.0. The molecule has 4 rings (SSSR count). The van der Waals surface area contributed by atoms with Gasteiger partial charge in [-0.3, -0.25) is 19.5 Å². The van der Waals surface area contributed by atoms with E-state index in [1.54, 1.807) is 12.1 Å². The summed E-state index contributed by atoms with van der Waals surface area (Å²) in [6, 6.07) is 6.15. The third-order valence-corrected chi connectivity index (χ3v) is 6.32. The molecule has 1 aliphatic heterocycles. The lowest BCUT2D eigenvalue weighted by molar-refractivity contribution is -0.135. The van der Waals surface area contributed by atoms with Gasteiger partial charge in [-0.05, 0) is 62.1 Å². The van der Waals surface area contributed by atoms with Crippen LogP contribution in [0, 0.1) is 17.7 Å². The van der Waals surface area contributed by atoms with Gasteiger partial charge < -0.3 is 5.32 Å². The molecule has 0 atom stereocenters. The van der Waals surface area contributed by atoms with E-state index >= 15 is 0 Å². The molecular formula is C22H28FN3O2. The highest BCUT2D eigenvalue weighted by atomic mass is 19.1. The first-order valence-electron chi connectivity index (χ1n) is 10.4. The SMILES string of the molecule is CCC1=NC2(CCC(C(=O)NCc3ccc(F)cc3)CC2)C(=O)N1CC1CC1. The van der Waals surface area contributed by atoms with Crippen molar-refractivity contribution in [3.05, 3.63) is 35.6 Å². The van der Waals surface area contributed by atoms with Crippen molar-refractivity contribution in [2.24, 2.45) is 16.8 Å². The van der Waals surface area contributed by atoms with E-state index < -0.39 is 5.54 Å². The lowest BCUT2D eigenvalue weighted by Gasteiger charge is -2.33. The fraction of sp³-hybridized carbons (Fsp3) is 0.591. The summed E-state index contributed by atoms with van der Waals surface area (Å²) in [7, 11) is 0. The quantitative estimate of drug-likeness (QED) is 0.815. The van der Waals surface area contributed by atoms with E-state index in [2.05, 4.69) is 12.2 Å². The van der Waals surface area contributed by atoms with E-state index in [9.17, 15) is 14.0 Å². The number of hydrogen-bond acceptors (Lipinski definition) is 3. The Morgan fingerprint density at radius 2 is 1.89 bits per heavy atom. The molecule has 150 valence electrons. The Balaban J connectivity index is 1.33. The molecule has 2 amide bonds. The van der Waals surface area contributed by atoms with Crippen molar-refractivity contribution < 1.29 is 14.0 Å². The van der Waals surface area contributed by atoms with Crippen molar-refractivity contribution in [1.82, 2.24) is 10.2 Å². The molecule has 0 saturated heterocycles. The second-order valence-electron chi connectivity index (χ2n) is 8.39. The average Bonchev–Trinajstić information content (AvgIpc) is 3.50. The lowest BCUT2D eigenvalue weighted by Crippen LogP contribution is -2.47. The van der Waals surface area contributed by atoms with E-state index in [0.29, 0.717) is 38.1 Å². The predicted molar refractivity (Wildman–Crippen MR) is 105 cm³/mol. The number of rotatable bonds is 6. The molecule has 2 saturated carbocycles. The van der Waals surface area contributed by atoms with E-state index in [1.165, 1.54) is 25.0 Å². The molecule has 0 radical (unpaired) electrons. The zero-order valence-corrected chi connectivity index (χ0v) is 16.4. The van der Waals surface area contributed by atoms with Gasteiger partial charge >= 0.3 is 0 Å². The van der Waals surface area contributed by atoms with Gasteiger partial charge in [0.05, 0.1) is 0 Å². The van der Waals surface area contributed by atoms with Gasteiger partial charge in [0, 0.05) is 25.4 Å². The molecule has 1 aromatic carbocycles. The van der Waals surface area contributed by atoms with Gasteiger partial charge in [-0.2, -0.15) is 0 Å². The van der Waals surface area contributed by atoms with E-state index in [4.69, 9.17) is 4.99 Å². The minimum absolute atomic E-state index is 0.0131. The summed E-state index contributed by atoms with van der Waals surface area (Å²) in [5.41, 5.74) is 0.245. The van der Waals surface area contributed by atoms with Gasteiger partial charge in [0.25, 0.3) is 5.91 Å². The topological polar surface area (TPSA) is 61.8 Å². The summed E-state index contributed by atoms with van der Waals surface area (Å²) in [4.78, 5) is 32.4. The molecule has 1 heterocycles. The molecule has 1 N–H and O–H groups in total. The van der Waals surface area contributed by atoms with Crippen LogP contribution in [0.5, 0.6) is 0 Å². The van der Waals surface area contributed by atoms with E-state index in [-0.39, 0.29) is 23.5 Å². The number of carbonyl (C=O) groups is 2. The Bertz CT molecular complexity index is 777. The number of benzene rings is 1. The van der Waals surface area contributed by atoms with Crippen molar-refractivity contribution >= 4 is 17.6 Å². The van der Waals surface area contributed by atoms with Crippen molar-refractivity contribution in [1.29, 1.82) is 0 Å². The minimum atomic E-state index is -0.631. The van der Waals surface area contributed by atoms with Gasteiger partial charge in [0.15, 0.2) is 0 Å². The Morgan fingerprint density at radius 1 is 1.21 bits per heavy atom. The van der Waals surface area contributed by atoms with Crippen LogP contribution in [0.25, 0.3) is 0 Å². The lowest BCUT2D eigenvalue weighted by atomic mass is 9.76. The first-order valence-corrected chi connectivity index (χ1v) is 10.4. The average molecular weight is 385 g/mol. The van der Waals surface area contributed by atoms with Gasteiger partial charge in [0.2, 0.25) is 5.91 Å². The zero-order chi connectivity index (χ0) is 19.7. The fourth-order valence-electron chi connectivity index (χ4n) is 4.36. The maximum absolute atomic E-state index is 13.1. The Hall–Kier alpha value is -2.24. The summed E-state index contributed by atoms with van der Waals surface area (Å²) in [6.45, 7) is 3.27. The summed E-state index contributed by atoms with van der Waals surface area (Å²) in [5, 5.41) is 2.95. The summed E-state index contributed by atoms with van der Waals surface area (Å²) >= 11 is 0. The van der Waals surface area contributed by atoms with Crippen molar-refractivity contribution in [3.63, 3.8) is 0 Å². The van der Waals surface area contributed by atoms with Crippen LogP contribution in [0.1, 0.15) is 57.4 Å². The number of amides is 2. The van der Waals surface area contributed by atoms with Crippen LogP contribution in [-0.2, 0) is 16.1 Å². The first kappa shape index (κ1) is 19.1. The molecule has 2 fully saturated rings. The maximum atomic E-state index is 13.1. The molecule has 6 heteroatoms. The second-order valence-corrected chi connectivity index (χ2v) is 8.39. The van der Waals surface area contributed by atoms with Crippen LogP contribution < -0.4 is 5.32 Å². The Kier molecular flexibility index (Phi) is 5.21. The van der Waals surface area contributed by atoms with Crippen molar-refractivity contribution in [3.8, 4) is 0 Å². The van der Waals surface area contributed by atoms with E-state index in [1.807, 2.05) is 4.90 Å². The van der Waals surface area contributed by atoms with Gasteiger partial charge in [-0.25, -0.2) is 4.39 Å². The van der Waals surface area contributed by atoms with Gasteiger partial charge in [0.1, 0.15) is 17.2 Å². The number of hydrogen-bond donors (Lipinski definition) is 1. The number of aliphatic imine (C=N–C) groups is 1. The smallest absolute Gasteiger partial charge is 0.255 e. The van der Waals surface area contributed by atoms with Crippen molar-refractivity contribution in [2.45, 2.75) is 64.0 Å².